The minimum Gasteiger partial charge on any atom is -0.338 e. The summed E-state index contributed by atoms with van der Waals surface area (Å²) in [5.41, 5.74) is 0.190. The zero-order chi connectivity index (χ0) is 16.1. The Morgan fingerprint density at radius 1 is 1.35 bits per heavy atom. The van der Waals surface area contributed by atoms with E-state index in [1.54, 1.807) is 16.8 Å². The molecule has 0 radical (unpaired) electrons. The van der Waals surface area contributed by atoms with Crippen LogP contribution in [0.15, 0.2) is 21.8 Å². The van der Waals surface area contributed by atoms with Crippen molar-refractivity contribution in [3.8, 4) is 0 Å². The summed E-state index contributed by atoms with van der Waals surface area (Å²) >= 11 is 3.35. The summed E-state index contributed by atoms with van der Waals surface area (Å²) in [7, 11) is 0. The number of carbonyl (C=O) groups is 1. The monoisotopic (exact) mass is 382 g/mol. The smallest absolute Gasteiger partial charge is 0.278 e. The highest BCUT2D eigenvalue weighted by Gasteiger charge is 2.30. The molecule has 2 fully saturated rings. The third-order valence-electron chi connectivity index (χ3n) is 4.49. The van der Waals surface area contributed by atoms with E-state index < -0.39 is 6.17 Å². The number of imidazole rings is 1. The molecule has 122 valence electrons. The maximum atomic E-state index is 13.2. The third-order valence-corrected chi connectivity index (χ3v) is 5.04. The number of rotatable bonds is 3. The summed E-state index contributed by atoms with van der Waals surface area (Å²) in [5.74, 6) is 1.08. The van der Waals surface area contributed by atoms with Gasteiger partial charge in [0.05, 0.1) is 6.54 Å². The molecule has 1 unspecified atom stereocenters. The molecule has 2 aromatic rings. The molecule has 1 amide bonds. The van der Waals surface area contributed by atoms with E-state index in [1.165, 1.54) is 9.47 Å². The lowest BCUT2D eigenvalue weighted by molar-refractivity contribution is -0.131. The number of likely N-dealkylation sites (tertiary alicyclic amines) is 1. The summed E-state index contributed by atoms with van der Waals surface area (Å²) in [6, 6.07) is 0. The number of amides is 1. The predicted molar refractivity (Wildman–Crippen MR) is 85.2 cm³/mol. The van der Waals surface area contributed by atoms with E-state index in [9.17, 15) is 14.0 Å². The number of hydrogen-bond acceptors (Lipinski definition) is 3. The molecule has 3 heterocycles. The average Bonchev–Trinajstić information content (AvgIpc) is 3.18. The Hall–Kier alpha value is -1.70. The van der Waals surface area contributed by atoms with Gasteiger partial charge in [-0.05, 0) is 35.2 Å². The van der Waals surface area contributed by atoms with Gasteiger partial charge in [-0.1, -0.05) is 0 Å². The van der Waals surface area contributed by atoms with Gasteiger partial charge in [0.1, 0.15) is 28.7 Å². The lowest BCUT2D eigenvalue weighted by Gasteiger charge is -2.16. The molecular formula is C15H16BrFN4O2. The van der Waals surface area contributed by atoms with Gasteiger partial charge in [0.25, 0.3) is 5.56 Å². The Balaban J connectivity index is 1.66. The van der Waals surface area contributed by atoms with Gasteiger partial charge in [-0.25, -0.2) is 9.37 Å². The topological polar surface area (TPSA) is 59.6 Å². The van der Waals surface area contributed by atoms with Crippen molar-refractivity contribution >= 4 is 27.4 Å². The van der Waals surface area contributed by atoms with Crippen molar-refractivity contribution < 1.29 is 9.18 Å². The largest absolute Gasteiger partial charge is 0.338 e. The molecule has 4 rings (SSSR count). The van der Waals surface area contributed by atoms with Crippen LogP contribution in [0.5, 0.6) is 0 Å². The van der Waals surface area contributed by atoms with Crippen molar-refractivity contribution in [2.45, 2.75) is 37.9 Å². The van der Waals surface area contributed by atoms with E-state index in [2.05, 4.69) is 20.9 Å². The first-order chi connectivity index (χ1) is 11.0. The van der Waals surface area contributed by atoms with Crippen molar-refractivity contribution in [3.05, 3.63) is 33.2 Å². The number of carbonyl (C=O) groups excluding carboxylic acids is 1. The maximum absolute atomic E-state index is 13.2. The molecule has 0 aromatic carbocycles. The highest BCUT2D eigenvalue weighted by Crippen LogP contribution is 2.40. The zero-order valence-corrected chi connectivity index (χ0v) is 14.0. The fourth-order valence-electron chi connectivity index (χ4n) is 3.06. The molecule has 6 nitrogen and oxygen atoms in total. The second-order valence-corrected chi connectivity index (χ2v) is 6.96. The fourth-order valence-corrected chi connectivity index (χ4v) is 3.60. The lowest BCUT2D eigenvalue weighted by Crippen LogP contribution is -2.35. The molecule has 2 aromatic heterocycles. The van der Waals surface area contributed by atoms with E-state index in [1.807, 2.05) is 0 Å². The number of nitrogens with zero attached hydrogens (tertiary/aromatic N) is 4. The molecule has 0 bridgehead atoms. The van der Waals surface area contributed by atoms with E-state index in [-0.39, 0.29) is 24.6 Å². The van der Waals surface area contributed by atoms with Crippen LogP contribution in [0.2, 0.25) is 0 Å². The zero-order valence-electron chi connectivity index (χ0n) is 12.4. The van der Waals surface area contributed by atoms with Crippen LogP contribution in [0.1, 0.15) is 31.0 Å². The summed E-state index contributed by atoms with van der Waals surface area (Å²) in [4.78, 5) is 30.8. The average molecular weight is 383 g/mol. The van der Waals surface area contributed by atoms with Crippen molar-refractivity contribution in [3.63, 3.8) is 0 Å². The quantitative estimate of drug-likeness (QED) is 0.811. The van der Waals surface area contributed by atoms with Crippen LogP contribution in [0.25, 0.3) is 5.52 Å². The highest BCUT2D eigenvalue weighted by molar-refractivity contribution is 9.10. The van der Waals surface area contributed by atoms with Gasteiger partial charge < -0.3 is 9.47 Å². The molecule has 8 heteroatoms. The van der Waals surface area contributed by atoms with Crippen molar-refractivity contribution in [2.24, 2.45) is 0 Å². The first-order valence-electron chi connectivity index (χ1n) is 7.73. The van der Waals surface area contributed by atoms with E-state index in [0.29, 0.717) is 29.0 Å². The first kappa shape index (κ1) is 14.9. The summed E-state index contributed by atoms with van der Waals surface area (Å²) in [6.45, 7) is 0.468. The second-order valence-electron chi connectivity index (χ2n) is 6.21. The van der Waals surface area contributed by atoms with Crippen LogP contribution in [0.3, 0.4) is 0 Å². The Labute approximate surface area is 140 Å². The molecular weight excluding hydrogens is 367 g/mol. The van der Waals surface area contributed by atoms with Crippen LogP contribution < -0.4 is 5.56 Å². The Morgan fingerprint density at radius 3 is 2.78 bits per heavy atom. The van der Waals surface area contributed by atoms with Crippen LogP contribution in [0.4, 0.5) is 4.39 Å². The highest BCUT2D eigenvalue weighted by atomic mass is 79.9. The molecule has 1 aliphatic heterocycles. The van der Waals surface area contributed by atoms with E-state index in [4.69, 9.17) is 0 Å². The second kappa shape index (κ2) is 5.43. The summed E-state index contributed by atoms with van der Waals surface area (Å²) < 4.78 is 16.9. The van der Waals surface area contributed by atoms with E-state index in [0.717, 1.165) is 18.7 Å². The summed E-state index contributed by atoms with van der Waals surface area (Å²) in [5, 5.41) is 0. The fraction of sp³-hybridized carbons (Fsp3) is 0.533. The van der Waals surface area contributed by atoms with Gasteiger partial charge >= 0.3 is 0 Å². The molecule has 1 saturated carbocycles. The third kappa shape index (κ3) is 2.58. The van der Waals surface area contributed by atoms with E-state index >= 15 is 0 Å². The number of alkyl halides is 1. The molecule has 1 atom stereocenters. The Kier molecular flexibility index (Phi) is 3.51. The molecule has 0 spiro atoms. The van der Waals surface area contributed by atoms with Crippen LogP contribution in [0, 0.1) is 0 Å². The van der Waals surface area contributed by atoms with Crippen molar-refractivity contribution in [1.82, 2.24) is 18.9 Å². The maximum Gasteiger partial charge on any atom is 0.278 e. The molecule has 2 aliphatic rings. The number of hydrogen-bond donors (Lipinski definition) is 0. The first-order valence-corrected chi connectivity index (χ1v) is 8.52. The number of aromatic nitrogens is 3. The SMILES string of the molecule is O=C(Cn1ccn2c(C3CC3)nc(Br)c2c1=O)N1CCC(F)C1. The van der Waals surface area contributed by atoms with Crippen LogP contribution in [-0.2, 0) is 11.3 Å². The van der Waals surface area contributed by atoms with Crippen LogP contribution >= 0.6 is 15.9 Å². The van der Waals surface area contributed by atoms with Gasteiger partial charge in [0.2, 0.25) is 5.91 Å². The van der Waals surface area contributed by atoms with Gasteiger partial charge in [-0.3, -0.25) is 14.0 Å². The van der Waals surface area contributed by atoms with Crippen LogP contribution in [-0.4, -0.2) is 44.0 Å². The standard InChI is InChI=1S/C15H16BrFN4O2/c16-13-12-15(23)20(8-11(22)19-4-3-10(17)7-19)5-6-21(12)14(18-13)9-1-2-9/h5-6,9-10H,1-4,7-8H2. The Bertz CT molecular complexity index is 842. The van der Waals surface area contributed by atoms with Gasteiger partial charge in [-0.2, -0.15) is 0 Å². The molecule has 23 heavy (non-hydrogen) atoms. The lowest BCUT2D eigenvalue weighted by atomic mass is 10.3. The number of fused-ring (bicyclic) bond motifs is 1. The van der Waals surface area contributed by atoms with Gasteiger partial charge in [-0.15, -0.1) is 0 Å². The number of halogens is 2. The summed E-state index contributed by atoms with van der Waals surface area (Å²) in [6.07, 6.45) is 4.98. The molecule has 0 N–H and O–H groups in total. The minimum absolute atomic E-state index is 0.0710. The predicted octanol–water partition coefficient (Wildman–Crippen LogP) is 1.71. The van der Waals surface area contributed by atoms with Crippen molar-refractivity contribution in [1.29, 1.82) is 0 Å². The Morgan fingerprint density at radius 2 is 2.13 bits per heavy atom. The molecule has 1 saturated heterocycles. The van der Waals surface area contributed by atoms with Crippen molar-refractivity contribution in [2.75, 3.05) is 13.1 Å². The minimum atomic E-state index is -0.955. The molecule has 1 aliphatic carbocycles. The van der Waals surface area contributed by atoms with Gasteiger partial charge in [0.15, 0.2) is 0 Å². The van der Waals surface area contributed by atoms with Gasteiger partial charge in [0, 0.05) is 24.9 Å². The normalized spacial score (nSPS) is 21.3.